The van der Waals surface area contributed by atoms with E-state index in [2.05, 4.69) is 5.32 Å². The van der Waals surface area contributed by atoms with E-state index in [1.165, 1.54) is 6.92 Å². The van der Waals surface area contributed by atoms with Crippen LogP contribution < -0.4 is 5.32 Å². The highest BCUT2D eigenvalue weighted by Gasteiger charge is 2.18. The SMILES string of the molecule is CC(=O)NCCC(O)C(O)c1ccc2c(ccn2C)c1. The zero-order valence-corrected chi connectivity index (χ0v) is 11.7. The minimum atomic E-state index is -0.951. The van der Waals surface area contributed by atoms with Crippen molar-refractivity contribution in [1.82, 2.24) is 9.88 Å². The number of nitrogens with zero attached hydrogens (tertiary/aromatic N) is 1. The van der Waals surface area contributed by atoms with Crippen LogP contribution in [0.3, 0.4) is 0 Å². The van der Waals surface area contributed by atoms with E-state index in [0.29, 0.717) is 18.5 Å². The number of carbonyl (C=O) groups excluding carboxylic acids is 1. The molecule has 2 unspecified atom stereocenters. The number of benzene rings is 1. The first-order valence-corrected chi connectivity index (χ1v) is 6.64. The molecule has 2 aromatic rings. The second kappa shape index (κ2) is 6.07. The summed E-state index contributed by atoms with van der Waals surface area (Å²) in [5, 5.41) is 23.7. The van der Waals surface area contributed by atoms with Crippen molar-refractivity contribution in [3.05, 3.63) is 36.0 Å². The minimum Gasteiger partial charge on any atom is -0.390 e. The van der Waals surface area contributed by atoms with Crippen LogP contribution in [-0.4, -0.2) is 33.3 Å². The smallest absolute Gasteiger partial charge is 0.216 e. The molecule has 0 saturated heterocycles. The first kappa shape index (κ1) is 14.6. The summed E-state index contributed by atoms with van der Waals surface area (Å²) in [5.41, 5.74) is 1.76. The Morgan fingerprint density at radius 1 is 1.35 bits per heavy atom. The lowest BCUT2D eigenvalue weighted by Gasteiger charge is -2.18. The summed E-state index contributed by atoms with van der Waals surface area (Å²) < 4.78 is 2.00. The van der Waals surface area contributed by atoms with Gasteiger partial charge in [0.25, 0.3) is 0 Å². The Kier molecular flexibility index (Phi) is 4.42. The van der Waals surface area contributed by atoms with Gasteiger partial charge in [-0.15, -0.1) is 0 Å². The zero-order valence-electron chi connectivity index (χ0n) is 11.7. The largest absolute Gasteiger partial charge is 0.390 e. The molecule has 0 aliphatic rings. The lowest BCUT2D eigenvalue weighted by molar-refractivity contribution is -0.119. The number of rotatable bonds is 5. The number of aromatic nitrogens is 1. The normalized spacial score (nSPS) is 14.2. The Hall–Kier alpha value is -1.85. The van der Waals surface area contributed by atoms with Crippen LogP contribution in [0.25, 0.3) is 10.9 Å². The average Bonchev–Trinajstić information content (AvgIpc) is 2.78. The molecule has 1 heterocycles. The molecular formula is C15H20N2O3. The molecule has 0 radical (unpaired) electrons. The van der Waals surface area contributed by atoms with E-state index in [1.54, 1.807) is 0 Å². The van der Waals surface area contributed by atoms with Gasteiger partial charge in [-0.1, -0.05) is 6.07 Å². The molecule has 3 N–H and O–H groups in total. The van der Waals surface area contributed by atoms with Gasteiger partial charge in [0, 0.05) is 32.2 Å². The summed E-state index contributed by atoms with van der Waals surface area (Å²) in [6.45, 7) is 1.77. The van der Waals surface area contributed by atoms with Gasteiger partial charge in [-0.25, -0.2) is 0 Å². The molecule has 0 bridgehead atoms. The third kappa shape index (κ3) is 3.18. The quantitative estimate of drug-likeness (QED) is 0.765. The lowest BCUT2D eigenvalue weighted by atomic mass is 10.0. The van der Waals surface area contributed by atoms with Crippen molar-refractivity contribution in [2.24, 2.45) is 7.05 Å². The fourth-order valence-electron chi connectivity index (χ4n) is 2.26. The highest BCUT2D eigenvalue weighted by atomic mass is 16.3. The second-order valence-electron chi connectivity index (χ2n) is 5.03. The number of hydrogen-bond acceptors (Lipinski definition) is 3. The highest BCUT2D eigenvalue weighted by Crippen LogP contribution is 2.24. The van der Waals surface area contributed by atoms with Gasteiger partial charge < -0.3 is 20.1 Å². The van der Waals surface area contributed by atoms with Gasteiger partial charge in [0.15, 0.2) is 0 Å². The predicted molar refractivity (Wildman–Crippen MR) is 77.2 cm³/mol. The van der Waals surface area contributed by atoms with Crippen molar-refractivity contribution in [2.75, 3.05) is 6.54 Å². The first-order chi connectivity index (χ1) is 9.49. The van der Waals surface area contributed by atoms with Gasteiger partial charge in [0.1, 0.15) is 6.10 Å². The molecule has 108 valence electrons. The molecular weight excluding hydrogens is 256 g/mol. The van der Waals surface area contributed by atoms with Crippen LogP contribution in [0, 0.1) is 0 Å². The van der Waals surface area contributed by atoms with Crippen LogP contribution in [-0.2, 0) is 11.8 Å². The van der Waals surface area contributed by atoms with Crippen molar-refractivity contribution in [2.45, 2.75) is 25.6 Å². The topological polar surface area (TPSA) is 74.5 Å². The number of fused-ring (bicyclic) bond motifs is 1. The number of amides is 1. The summed E-state index contributed by atoms with van der Waals surface area (Å²) >= 11 is 0. The van der Waals surface area contributed by atoms with Crippen molar-refractivity contribution in [3.63, 3.8) is 0 Å². The van der Waals surface area contributed by atoms with Gasteiger partial charge >= 0.3 is 0 Å². The molecule has 5 heteroatoms. The first-order valence-electron chi connectivity index (χ1n) is 6.64. The molecule has 2 atom stereocenters. The summed E-state index contributed by atoms with van der Waals surface area (Å²) in [6.07, 6.45) is 0.415. The van der Waals surface area contributed by atoms with Crippen LogP contribution >= 0.6 is 0 Å². The maximum absolute atomic E-state index is 10.8. The van der Waals surface area contributed by atoms with Crippen LogP contribution in [0.5, 0.6) is 0 Å². The average molecular weight is 276 g/mol. The Labute approximate surface area is 117 Å². The molecule has 0 spiro atoms. The molecule has 1 aromatic carbocycles. The number of aryl methyl sites for hydroxylation is 1. The fraction of sp³-hybridized carbons (Fsp3) is 0.400. The fourth-order valence-corrected chi connectivity index (χ4v) is 2.26. The Morgan fingerprint density at radius 3 is 2.80 bits per heavy atom. The number of aliphatic hydroxyl groups excluding tert-OH is 2. The van der Waals surface area contributed by atoms with Gasteiger partial charge in [0.05, 0.1) is 6.10 Å². The van der Waals surface area contributed by atoms with Crippen molar-refractivity contribution >= 4 is 16.8 Å². The maximum Gasteiger partial charge on any atom is 0.216 e. The molecule has 0 fully saturated rings. The number of nitrogens with one attached hydrogen (secondary N) is 1. The van der Waals surface area contributed by atoms with Gasteiger partial charge in [-0.05, 0) is 35.6 Å². The van der Waals surface area contributed by atoms with Crippen molar-refractivity contribution in [3.8, 4) is 0 Å². The molecule has 0 saturated carbocycles. The van der Waals surface area contributed by atoms with Crippen LogP contribution in [0.15, 0.2) is 30.5 Å². The van der Waals surface area contributed by atoms with E-state index < -0.39 is 12.2 Å². The molecule has 0 aliphatic heterocycles. The van der Waals surface area contributed by atoms with Gasteiger partial charge in [-0.2, -0.15) is 0 Å². The number of hydrogen-bond donors (Lipinski definition) is 3. The van der Waals surface area contributed by atoms with Crippen LogP contribution in [0.4, 0.5) is 0 Å². The van der Waals surface area contributed by atoms with E-state index in [4.69, 9.17) is 0 Å². The standard InChI is InChI=1S/C15H20N2O3/c1-10(18)16-7-5-14(19)15(20)12-3-4-13-11(9-12)6-8-17(13)2/h3-4,6,8-9,14-15,19-20H,5,7H2,1-2H3,(H,16,18). The van der Waals surface area contributed by atoms with E-state index in [1.807, 2.05) is 42.1 Å². The van der Waals surface area contributed by atoms with Crippen molar-refractivity contribution in [1.29, 1.82) is 0 Å². The Balaban J connectivity index is 2.06. The molecule has 1 amide bonds. The molecule has 1 aromatic heterocycles. The zero-order chi connectivity index (χ0) is 14.7. The van der Waals surface area contributed by atoms with Crippen molar-refractivity contribution < 1.29 is 15.0 Å². The maximum atomic E-state index is 10.8. The van der Waals surface area contributed by atoms with E-state index >= 15 is 0 Å². The summed E-state index contributed by atoms with van der Waals surface area (Å²) in [6, 6.07) is 7.58. The Bertz CT molecular complexity index is 606. The van der Waals surface area contributed by atoms with E-state index in [-0.39, 0.29) is 5.91 Å². The second-order valence-corrected chi connectivity index (χ2v) is 5.03. The molecule has 5 nitrogen and oxygen atoms in total. The third-order valence-electron chi connectivity index (χ3n) is 3.43. The van der Waals surface area contributed by atoms with E-state index in [0.717, 1.165) is 10.9 Å². The van der Waals surface area contributed by atoms with Gasteiger partial charge in [-0.3, -0.25) is 4.79 Å². The monoisotopic (exact) mass is 276 g/mol. The molecule has 0 aliphatic carbocycles. The van der Waals surface area contributed by atoms with Crippen LogP contribution in [0.1, 0.15) is 25.0 Å². The predicted octanol–water partition coefficient (Wildman–Crippen LogP) is 1.10. The van der Waals surface area contributed by atoms with Crippen LogP contribution in [0.2, 0.25) is 0 Å². The number of carbonyl (C=O) groups is 1. The Morgan fingerprint density at radius 2 is 2.10 bits per heavy atom. The summed E-state index contributed by atoms with van der Waals surface area (Å²) in [4.78, 5) is 10.8. The highest BCUT2D eigenvalue weighted by molar-refractivity contribution is 5.80. The minimum absolute atomic E-state index is 0.141. The van der Waals surface area contributed by atoms with Gasteiger partial charge in [0.2, 0.25) is 5.91 Å². The summed E-state index contributed by atoms with van der Waals surface area (Å²) in [7, 11) is 1.96. The summed E-state index contributed by atoms with van der Waals surface area (Å²) in [5.74, 6) is -0.141. The van der Waals surface area contributed by atoms with E-state index in [9.17, 15) is 15.0 Å². The molecule has 2 rings (SSSR count). The lowest BCUT2D eigenvalue weighted by Crippen LogP contribution is -2.27. The third-order valence-corrected chi connectivity index (χ3v) is 3.43. The molecule has 20 heavy (non-hydrogen) atoms. The number of aliphatic hydroxyl groups is 2.